The topological polar surface area (TPSA) is 0 Å². The fourth-order valence-corrected chi connectivity index (χ4v) is 10.7. The van der Waals surface area contributed by atoms with Crippen LogP contribution < -0.4 is 0 Å². The normalized spacial score (nSPS) is 21.5. The predicted molar refractivity (Wildman–Crippen MR) is 117 cm³/mol. The minimum atomic E-state index is -1.66. The van der Waals surface area contributed by atoms with Gasteiger partial charge in [0, 0.05) is 11.1 Å². The Hall–Kier alpha value is -1.86. The van der Waals surface area contributed by atoms with Crippen molar-refractivity contribution < 1.29 is 0 Å². The van der Waals surface area contributed by atoms with Gasteiger partial charge in [0.2, 0.25) is 0 Å². The van der Waals surface area contributed by atoms with Gasteiger partial charge in [-0.3, -0.25) is 0 Å². The van der Waals surface area contributed by atoms with Crippen LogP contribution in [-0.2, 0) is 0 Å². The fraction of sp³-hybridized carbons (Fsp3) is 0.360. The van der Waals surface area contributed by atoms with E-state index in [-0.39, 0.29) is 0 Å². The summed E-state index contributed by atoms with van der Waals surface area (Å²) in [5, 5.41) is 0. The zero-order chi connectivity index (χ0) is 18.6. The van der Waals surface area contributed by atoms with Crippen LogP contribution in [0.15, 0.2) is 53.6 Å². The first kappa shape index (κ1) is 17.5. The number of benzene rings is 2. The lowest BCUT2D eigenvalue weighted by atomic mass is 9.95. The van der Waals surface area contributed by atoms with Crippen molar-refractivity contribution in [1.82, 2.24) is 0 Å². The van der Waals surface area contributed by atoms with Gasteiger partial charge in [-0.2, -0.15) is 0 Å². The molecule has 0 aromatic heterocycles. The summed E-state index contributed by atoms with van der Waals surface area (Å²) in [7, 11) is -1.66. The second kappa shape index (κ2) is 6.09. The molecule has 2 aliphatic rings. The monoisotopic (exact) mass is 358 g/mol. The van der Waals surface area contributed by atoms with Crippen LogP contribution in [0.1, 0.15) is 72.5 Å². The van der Waals surface area contributed by atoms with Gasteiger partial charge in [0.1, 0.15) is 0 Å². The molecule has 2 unspecified atom stereocenters. The van der Waals surface area contributed by atoms with Gasteiger partial charge in [-0.25, -0.2) is 0 Å². The van der Waals surface area contributed by atoms with E-state index in [1.54, 1.807) is 22.3 Å². The van der Waals surface area contributed by atoms with Crippen LogP contribution in [0.4, 0.5) is 0 Å². The third-order valence-corrected chi connectivity index (χ3v) is 11.1. The van der Waals surface area contributed by atoms with E-state index < -0.39 is 8.07 Å². The second-order valence-corrected chi connectivity index (χ2v) is 13.9. The molecule has 0 saturated carbocycles. The highest BCUT2D eigenvalue weighted by Crippen LogP contribution is 2.52. The van der Waals surface area contributed by atoms with E-state index >= 15 is 0 Å². The van der Waals surface area contributed by atoms with Crippen molar-refractivity contribution in [3.05, 3.63) is 81.4 Å². The molecule has 2 aliphatic carbocycles. The first-order valence-electron chi connectivity index (χ1n) is 9.90. The zero-order valence-corrected chi connectivity index (χ0v) is 17.9. The molecule has 0 spiro atoms. The molecule has 0 bridgehead atoms. The third-order valence-electron chi connectivity index (χ3n) is 6.57. The van der Waals surface area contributed by atoms with E-state index in [0.29, 0.717) is 17.0 Å². The van der Waals surface area contributed by atoms with E-state index in [1.165, 1.54) is 16.7 Å². The fourth-order valence-electron chi connectivity index (χ4n) is 5.70. The number of allylic oxidation sites excluding steroid dienone is 2. The Bertz CT molecular complexity index is 927. The van der Waals surface area contributed by atoms with Crippen molar-refractivity contribution in [3.8, 4) is 0 Å². The molecule has 0 saturated heterocycles. The van der Waals surface area contributed by atoms with Crippen LogP contribution in [0, 0.1) is 0 Å². The Morgan fingerprint density at radius 3 is 2.12 bits per heavy atom. The van der Waals surface area contributed by atoms with Crippen LogP contribution in [-0.4, -0.2) is 8.07 Å². The Labute approximate surface area is 159 Å². The molecule has 0 heterocycles. The first-order chi connectivity index (χ1) is 12.3. The molecule has 0 N–H and O–H groups in total. The Morgan fingerprint density at radius 1 is 0.769 bits per heavy atom. The number of hydrogen-bond acceptors (Lipinski definition) is 0. The smallest absolute Gasteiger partial charge is 0.0679 e. The number of hydrogen-bond donors (Lipinski definition) is 0. The van der Waals surface area contributed by atoms with Crippen LogP contribution in [0.25, 0.3) is 12.2 Å². The first-order valence-corrected chi connectivity index (χ1v) is 13.1. The quantitative estimate of drug-likeness (QED) is 0.505. The second-order valence-electron chi connectivity index (χ2n) is 9.10. The highest BCUT2D eigenvalue weighted by Gasteiger charge is 2.46. The Kier molecular flexibility index (Phi) is 4.11. The van der Waals surface area contributed by atoms with Crippen molar-refractivity contribution in [2.24, 2.45) is 0 Å². The summed E-state index contributed by atoms with van der Waals surface area (Å²) in [6.45, 7) is 14.6. The maximum atomic E-state index is 2.61. The maximum Gasteiger partial charge on any atom is 0.0722 e. The average molecular weight is 359 g/mol. The molecule has 26 heavy (non-hydrogen) atoms. The van der Waals surface area contributed by atoms with Crippen molar-refractivity contribution in [3.63, 3.8) is 0 Å². The van der Waals surface area contributed by atoms with Crippen LogP contribution in [0.3, 0.4) is 0 Å². The van der Waals surface area contributed by atoms with Crippen LogP contribution in [0.5, 0.6) is 0 Å². The molecular weight excluding hydrogens is 328 g/mol. The molecule has 0 aliphatic heterocycles. The van der Waals surface area contributed by atoms with Gasteiger partial charge in [-0.1, -0.05) is 92.7 Å². The van der Waals surface area contributed by atoms with Crippen molar-refractivity contribution >= 4 is 20.2 Å². The Balaban J connectivity index is 1.84. The van der Waals surface area contributed by atoms with E-state index in [1.807, 2.05) is 0 Å². The molecule has 0 amide bonds. The van der Waals surface area contributed by atoms with Crippen molar-refractivity contribution in [2.75, 3.05) is 0 Å². The highest BCUT2D eigenvalue weighted by molar-refractivity contribution is 6.81. The third kappa shape index (κ3) is 2.48. The van der Waals surface area contributed by atoms with Crippen LogP contribution >= 0.6 is 0 Å². The summed E-state index contributed by atoms with van der Waals surface area (Å²) in [6.07, 6.45) is 4.91. The lowest BCUT2D eigenvalue weighted by Crippen LogP contribution is -2.42. The van der Waals surface area contributed by atoms with Crippen molar-refractivity contribution in [1.29, 1.82) is 0 Å². The van der Waals surface area contributed by atoms with Gasteiger partial charge in [0.05, 0.1) is 8.07 Å². The molecule has 2 aromatic rings. The van der Waals surface area contributed by atoms with E-state index in [4.69, 9.17) is 0 Å². The molecule has 1 heteroatoms. The van der Waals surface area contributed by atoms with E-state index in [9.17, 15) is 0 Å². The molecule has 0 nitrogen and oxygen atoms in total. The summed E-state index contributed by atoms with van der Waals surface area (Å²) in [5.41, 5.74) is 12.0. The summed E-state index contributed by atoms with van der Waals surface area (Å²) >= 11 is 0. The summed E-state index contributed by atoms with van der Waals surface area (Å²) in [4.78, 5) is 0. The lowest BCUT2D eigenvalue weighted by Gasteiger charge is -2.39. The minimum Gasteiger partial charge on any atom is -0.0679 e. The standard InChI is InChI=1S/C25H30Si/c1-16(2)20-12-9-13-22-23(20)15-18(4)25(22)26(5,6)24-17(3)14-19-10-7-8-11-21(19)24/h7-16,24-25H,1-6H3. The highest BCUT2D eigenvalue weighted by atomic mass is 28.3. The molecule has 4 rings (SSSR count). The average Bonchev–Trinajstić information content (AvgIpc) is 3.09. The lowest BCUT2D eigenvalue weighted by molar-refractivity contribution is 0.860. The molecule has 0 fully saturated rings. The van der Waals surface area contributed by atoms with Gasteiger partial charge < -0.3 is 0 Å². The summed E-state index contributed by atoms with van der Waals surface area (Å²) in [5.74, 6) is 0.575. The van der Waals surface area contributed by atoms with Gasteiger partial charge >= 0.3 is 0 Å². The predicted octanol–water partition coefficient (Wildman–Crippen LogP) is 7.30. The van der Waals surface area contributed by atoms with Gasteiger partial charge in [-0.15, -0.1) is 0 Å². The van der Waals surface area contributed by atoms with Gasteiger partial charge in [0.25, 0.3) is 0 Å². The van der Waals surface area contributed by atoms with Crippen LogP contribution in [0.2, 0.25) is 13.1 Å². The molecular formula is C25H30Si. The zero-order valence-electron chi connectivity index (χ0n) is 16.9. The van der Waals surface area contributed by atoms with Gasteiger partial charge in [0.15, 0.2) is 0 Å². The Morgan fingerprint density at radius 2 is 1.38 bits per heavy atom. The van der Waals surface area contributed by atoms with Crippen molar-refractivity contribution in [2.45, 2.75) is 57.8 Å². The molecule has 2 atom stereocenters. The van der Waals surface area contributed by atoms with E-state index in [2.05, 4.69) is 95.4 Å². The summed E-state index contributed by atoms with van der Waals surface area (Å²) in [6, 6.07) is 16.0. The number of fused-ring (bicyclic) bond motifs is 2. The molecule has 2 aromatic carbocycles. The molecule has 0 radical (unpaired) electrons. The maximum absolute atomic E-state index is 2.61. The van der Waals surface area contributed by atoms with Gasteiger partial charge in [-0.05, 0) is 47.6 Å². The van der Waals surface area contributed by atoms with E-state index in [0.717, 1.165) is 0 Å². The minimum absolute atomic E-state index is 0.575. The SMILES string of the molecule is CC1=Cc2ccccc2C1[Si](C)(C)C1C(C)=Cc2c(C(C)C)cccc21. The number of rotatable bonds is 3. The summed E-state index contributed by atoms with van der Waals surface area (Å²) < 4.78 is 0. The largest absolute Gasteiger partial charge is 0.0722 e. The molecule has 134 valence electrons.